The van der Waals surface area contributed by atoms with Gasteiger partial charge in [-0.25, -0.2) is 19.7 Å². The number of rotatable bonds is 8. The van der Waals surface area contributed by atoms with Crippen LogP contribution >= 0.6 is 0 Å². The van der Waals surface area contributed by atoms with E-state index in [0.717, 1.165) is 62.3 Å². The number of anilines is 1. The summed E-state index contributed by atoms with van der Waals surface area (Å²) in [5.41, 5.74) is 4.34. The maximum Gasteiger partial charge on any atom is 0.267 e. The van der Waals surface area contributed by atoms with Crippen molar-refractivity contribution in [2.24, 2.45) is 0 Å². The molecule has 3 heterocycles. The molecule has 2 aliphatic heterocycles. The standard InChI is InChI=1S/C24H29FN4O3/c25-20-8-4-19(5-9-20)16-29-13-12-21(17-29)27-22-10-6-18(15-26-22)7-11-23(30)28-32-24-3-1-2-14-31-24/h4-11,15,21,24H,1-3,12-14,16-17H2,(H,26,27)(H,28,30)/t21-,24?/m1/s1. The molecule has 1 aromatic carbocycles. The van der Waals surface area contributed by atoms with E-state index < -0.39 is 0 Å². The van der Waals surface area contributed by atoms with E-state index in [1.165, 1.54) is 18.2 Å². The molecule has 0 aliphatic carbocycles. The largest absolute Gasteiger partial charge is 0.366 e. The number of aromatic nitrogens is 1. The van der Waals surface area contributed by atoms with Crippen molar-refractivity contribution >= 4 is 17.8 Å². The lowest BCUT2D eigenvalue weighted by molar-refractivity contribution is -0.198. The summed E-state index contributed by atoms with van der Waals surface area (Å²) in [5.74, 6) is 0.258. The number of likely N-dealkylation sites (tertiary alicyclic amines) is 1. The van der Waals surface area contributed by atoms with Crippen LogP contribution in [0.3, 0.4) is 0 Å². The van der Waals surface area contributed by atoms with Crippen molar-refractivity contribution in [1.29, 1.82) is 0 Å². The summed E-state index contributed by atoms with van der Waals surface area (Å²) in [6.45, 7) is 3.37. The minimum Gasteiger partial charge on any atom is -0.366 e. The van der Waals surface area contributed by atoms with Gasteiger partial charge in [0, 0.05) is 51.0 Å². The number of halogens is 1. The van der Waals surface area contributed by atoms with Gasteiger partial charge in [0.15, 0.2) is 6.29 Å². The maximum absolute atomic E-state index is 13.1. The number of carbonyl (C=O) groups excluding carboxylic acids is 1. The van der Waals surface area contributed by atoms with Crippen LogP contribution in [0.2, 0.25) is 0 Å². The topological polar surface area (TPSA) is 75.7 Å². The molecule has 1 aromatic heterocycles. The van der Waals surface area contributed by atoms with Crippen molar-refractivity contribution in [2.45, 2.75) is 44.6 Å². The second-order valence-corrected chi connectivity index (χ2v) is 8.18. The van der Waals surface area contributed by atoms with Gasteiger partial charge >= 0.3 is 0 Å². The van der Waals surface area contributed by atoms with Crippen LogP contribution in [0.5, 0.6) is 0 Å². The van der Waals surface area contributed by atoms with Crippen LogP contribution in [-0.4, -0.2) is 47.8 Å². The van der Waals surface area contributed by atoms with Gasteiger partial charge in [-0.3, -0.25) is 9.69 Å². The molecule has 2 aromatic rings. The highest BCUT2D eigenvalue weighted by atomic mass is 19.1. The molecule has 0 radical (unpaired) electrons. The molecule has 1 amide bonds. The number of hydrogen-bond donors (Lipinski definition) is 2. The van der Waals surface area contributed by atoms with E-state index >= 15 is 0 Å². The van der Waals surface area contributed by atoms with Crippen LogP contribution in [0.15, 0.2) is 48.7 Å². The minimum absolute atomic E-state index is 0.206. The van der Waals surface area contributed by atoms with Crippen molar-refractivity contribution in [1.82, 2.24) is 15.4 Å². The van der Waals surface area contributed by atoms with Gasteiger partial charge in [0.05, 0.1) is 0 Å². The molecule has 2 fully saturated rings. The van der Waals surface area contributed by atoms with E-state index in [0.29, 0.717) is 12.6 Å². The Morgan fingerprint density at radius 2 is 2.09 bits per heavy atom. The Morgan fingerprint density at radius 3 is 2.84 bits per heavy atom. The van der Waals surface area contributed by atoms with E-state index in [9.17, 15) is 9.18 Å². The number of nitrogens with zero attached hydrogens (tertiary/aromatic N) is 2. The van der Waals surface area contributed by atoms with Gasteiger partial charge in [0.2, 0.25) is 0 Å². The second-order valence-electron chi connectivity index (χ2n) is 8.18. The Balaban J connectivity index is 1.19. The molecule has 0 bridgehead atoms. The van der Waals surface area contributed by atoms with Crippen molar-refractivity contribution in [2.75, 3.05) is 25.0 Å². The Bertz CT molecular complexity index is 898. The van der Waals surface area contributed by atoms with Crippen molar-refractivity contribution in [3.63, 3.8) is 0 Å². The highest BCUT2D eigenvalue weighted by Gasteiger charge is 2.22. The third-order valence-electron chi connectivity index (χ3n) is 5.59. The van der Waals surface area contributed by atoms with Gasteiger partial charge in [0.25, 0.3) is 5.91 Å². The normalized spacial score (nSPS) is 21.7. The monoisotopic (exact) mass is 440 g/mol. The summed E-state index contributed by atoms with van der Waals surface area (Å²) >= 11 is 0. The number of ether oxygens (including phenoxy) is 1. The Labute approximate surface area is 187 Å². The summed E-state index contributed by atoms with van der Waals surface area (Å²) in [7, 11) is 0. The quantitative estimate of drug-likeness (QED) is 0.484. The average Bonchev–Trinajstić information content (AvgIpc) is 3.26. The Hall–Kier alpha value is -2.81. The molecule has 0 saturated carbocycles. The first-order chi connectivity index (χ1) is 15.6. The van der Waals surface area contributed by atoms with Crippen molar-refractivity contribution in [3.8, 4) is 0 Å². The van der Waals surface area contributed by atoms with Crippen molar-refractivity contribution < 1.29 is 18.8 Å². The molecule has 7 nitrogen and oxygen atoms in total. The fraction of sp³-hybridized carbons (Fsp3) is 0.417. The SMILES string of the molecule is O=C(C=Cc1ccc(N[C@@H]2CCN(Cc3ccc(F)cc3)C2)nc1)NOC1CCCCO1. The second kappa shape index (κ2) is 11.2. The zero-order chi connectivity index (χ0) is 22.2. The molecule has 2 aliphatic rings. The summed E-state index contributed by atoms with van der Waals surface area (Å²) in [6.07, 6.45) is 8.34. The van der Waals surface area contributed by atoms with E-state index in [2.05, 4.69) is 20.7 Å². The van der Waals surface area contributed by atoms with Gasteiger partial charge < -0.3 is 10.1 Å². The highest BCUT2D eigenvalue weighted by Crippen LogP contribution is 2.18. The van der Waals surface area contributed by atoms with Gasteiger partial charge in [-0.2, -0.15) is 0 Å². The van der Waals surface area contributed by atoms with Gasteiger partial charge in [-0.05, 0) is 60.7 Å². The van der Waals surface area contributed by atoms with Gasteiger partial charge in [0.1, 0.15) is 11.6 Å². The molecule has 8 heteroatoms. The number of carbonyl (C=O) groups is 1. The number of hydrogen-bond acceptors (Lipinski definition) is 6. The third kappa shape index (κ3) is 6.85. The van der Waals surface area contributed by atoms with E-state index in [1.807, 2.05) is 24.3 Å². The lowest BCUT2D eigenvalue weighted by Crippen LogP contribution is -2.32. The summed E-state index contributed by atoms with van der Waals surface area (Å²) in [4.78, 5) is 24.0. The molecule has 2 N–H and O–H groups in total. The summed E-state index contributed by atoms with van der Waals surface area (Å²) in [5, 5.41) is 3.46. The smallest absolute Gasteiger partial charge is 0.267 e. The van der Waals surface area contributed by atoms with Crippen LogP contribution in [0.25, 0.3) is 6.08 Å². The van der Waals surface area contributed by atoms with E-state index in [4.69, 9.17) is 9.57 Å². The molecule has 170 valence electrons. The lowest BCUT2D eigenvalue weighted by Gasteiger charge is -2.21. The van der Waals surface area contributed by atoms with Crippen LogP contribution in [0.1, 0.15) is 36.8 Å². The summed E-state index contributed by atoms with van der Waals surface area (Å²) in [6, 6.07) is 10.8. The number of amides is 1. The third-order valence-corrected chi connectivity index (χ3v) is 5.59. The first-order valence-electron chi connectivity index (χ1n) is 11.1. The molecule has 1 unspecified atom stereocenters. The molecule has 32 heavy (non-hydrogen) atoms. The van der Waals surface area contributed by atoms with Crippen LogP contribution < -0.4 is 10.8 Å². The predicted molar refractivity (Wildman–Crippen MR) is 120 cm³/mol. The molecule has 2 atom stereocenters. The molecule has 0 spiro atoms. The molecule has 2 saturated heterocycles. The molecular weight excluding hydrogens is 411 g/mol. The first kappa shape index (κ1) is 22.4. The van der Waals surface area contributed by atoms with Gasteiger partial charge in [-0.15, -0.1) is 0 Å². The number of pyridine rings is 1. The molecular formula is C24H29FN4O3. The Morgan fingerprint density at radius 1 is 1.22 bits per heavy atom. The number of nitrogens with one attached hydrogen (secondary N) is 2. The number of benzene rings is 1. The fourth-order valence-electron chi connectivity index (χ4n) is 3.87. The van der Waals surface area contributed by atoms with Gasteiger partial charge in [-0.1, -0.05) is 12.1 Å². The Kier molecular flexibility index (Phi) is 7.82. The minimum atomic E-state index is -0.365. The average molecular weight is 441 g/mol. The zero-order valence-corrected chi connectivity index (χ0v) is 18.0. The number of hydroxylamine groups is 1. The zero-order valence-electron chi connectivity index (χ0n) is 18.0. The van der Waals surface area contributed by atoms with E-state index in [1.54, 1.807) is 12.3 Å². The summed E-state index contributed by atoms with van der Waals surface area (Å²) < 4.78 is 18.5. The fourth-order valence-corrected chi connectivity index (χ4v) is 3.87. The first-order valence-corrected chi connectivity index (χ1v) is 11.1. The predicted octanol–water partition coefficient (Wildman–Crippen LogP) is 3.49. The maximum atomic E-state index is 13.1. The van der Waals surface area contributed by atoms with Crippen LogP contribution in [0, 0.1) is 5.82 Å². The highest BCUT2D eigenvalue weighted by molar-refractivity contribution is 5.90. The van der Waals surface area contributed by atoms with E-state index in [-0.39, 0.29) is 18.0 Å². The molecule has 4 rings (SSSR count). The van der Waals surface area contributed by atoms with Crippen LogP contribution in [0.4, 0.5) is 10.2 Å². The van der Waals surface area contributed by atoms with Crippen LogP contribution in [-0.2, 0) is 20.9 Å². The lowest BCUT2D eigenvalue weighted by atomic mass is 10.2. The van der Waals surface area contributed by atoms with Crippen molar-refractivity contribution in [3.05, 3.63) is 65.6 Å².